The highest BCUT2D eigenvalue weighted by Gasteiger charge is 2.24. The van der Waals surface area contributed by atoms with Crippen LogP contribution in [0.4, 0.5) is 0 Å². The van der Waals surface area contributed by atoms with Crippen LogP contribution in [0.5, 0.6) is 0 Å². The average molecular weight is 281 g/mol. The first-order valence-corrected chi connectivity index (χ1v) is 6.60. The molecule has 1 rings (SSSR count). The van der Waals surface area contributed by atoms with Crippen molar-refractivity contribution in [2.24, 2.45) is 5.73 Å². The van der Waals surface area contributed by atoms with E-state index in [1.807, 2.05) is 30.3 Å². The number of aliphatic hydroxyl groups excluding tert-OH is 1. The van der Waals surface area contributed by atoms with Crippen LogP contribution >= 0.6 is 0 Å². The van der Waals surface area contributed by atoms with Crippen molar-refractivity contribution in [1.29, 1.82) is 0 Å². The molecule has 1 aromatic rings. The van der Waals surface area contributed by atoms with Gasteiger partial charge in [0.1, 0.15) is 11.6 Å². The number of hydrogen-bond donors (Lipinski definition) is 2. The summed E-state index contributed by atoms with van der Waals surface area (Å²) in [5.74, 6) is -0.542. The standard InChI is InChI=1S/C15H23NO4/c1-15(2,3)20-14(18)12(16)9-13(17)19-10-11-7-5-4-6-8-11/h4-8,12-13,17H,9-10,16H2,1-3H3/t12-,13?/m0/s1. The Bertz CT molecular complexity index is 414. The smallest absolute Gasteiger partial charge is 0.323 e. The minimum atomic E-state index is -1.10. The maximum atomic E-state index is 11.7. The van der Waals surface area contributed by atoms with Crippen LogP contribution in [0.3, 0.4) is 0 Å². The molecule has 0 aliphatic heterocycles. The minimum absolute atomic E-state index is 0.00173. The van der Waals surface area contributed by atoms with Gasteiger partial charge in [-0.3, -0.25) is 4.79 Å². The monoisotopic (exact) mass is 281 g/mol. The highest BCUT2D eigenvalue weighted by molar-refractivity contribution is 5.75. The van der Waals surface area contributed by atoms with Gasteiger partial charge in [-0.15, -0.1) is 0 Å². The van der Waals surface area contributed by atoms with E-state index in [0.29, 0.717) is 0 Å². The summed E-state index contributed by atoms with van der Waals surface area (Å²) in [6.45, 7) is 5.56. The van der Waals surface area contributed by atoms with Crippen LogP contribution in [0, 0.1) is 0 Å². The molecule has 20 heavy (non-hydrogen) atoms. The molecule has 0 aromatic heterocycles. The maximum absolute atomic E-state index is 11.7. The highest BCUT2D eigenvalue weighted by Crippen LogP contribution is 2.11. The summed E-state index contributed by atoms with van der Waals surface area (Å²) in [6.07, 6.45) is -1.10. The molecule has 0 amide bonds. The van der Waals surface area contributed by atoms with E-state index >= 15 is 0 Å². The summed E-state index contributed by atoms with van der Waals surface area (Å²) in [6, 6.07) is 8.55. The Morgan fingerprint density at radius 3 is 2.45 bits per heavy atom. The molecule has 0 aliphatic carbocycles. The van der Waals surface area contributed by atoms with E-state index in [1.54, 1.807) is 20.8 Å². The lowest BCUT2D eigenvalue weighted by atomic mass is 10.1. The normalized spacial score (nSPS) is 14.7. The molecule has 0 saturated heterocycles. The van der Waals surface area contributed by atoms with Crippen LogP contribution in [-0.2, 0) is 20.9 Å². The van der Waals surface area contributed by atoms with Crippen molar-refractivity contribution in [3.63, 3.8) is 0 Å². The Balaban J connectivity index is 2.34. The van der Waals surface area contributed by atoms with E-state index in [4.69, 9.17) is 15.2 Å². The zero-order chi connectivity index (χ0) is 15.2. The number of aliphatic hydroxyl groups is 1. The van der Waals surface area contributed by atoms with E-state index in [0.717, 1.165) is 5.56 Å². The average Bonchev–Trinajstić information content (AvgIpc) is 2.35. The molecule has 2 atom stereocenters. The molecule has 1 unspecified atom stereocenters. The largest absolute Gasteiger partial charge is 0.459 e. The maximum Gasteiger partial charge on any atom is 0.323 e. The Morgan fingerprint density at radius 2 is 1.90 bits per heavy atom. The van der Waals surface area contributed by atoms with Gasteiger partial charge in [0.25, 0.3) is 0 Å². The van der Waals surface area contributed by atoms with Crippen LogP contribution in [0.2, 0.25) is 0 Å². The minimum Gasteiger partial charge on any atom is -0.459 e. The van der Waals surface area contributed by atoms with Gasteiger partial charge in [-0.05, 0) is 26.3 Å². The van der Waals surface area contributed by atoms with Gasteiger partial charge in [-0.2, -0.15) is 0 Å². The number of ether oxygens (including phenoxy) is 2. The van der Waals surface area contributed by atoms with Gasteiger partial charge in [0.2, 0.25) is 0 Å². The lowest BCUT2D eigenvalue weighted by Crippen LogP contribution is -2.40. The number of rotatable bonds is 6. The van der Waals surface area contributed by atoms with Gasteiger partial charge in [0.05, 0.1) is 6.61 Å². The summed E-state index contributed by atoms with van der Waals surface area (Å²) >= 11 is 0. The summed E-state index contributed by atoms with van der Waals surface area (Å²) in [5, 5.41) is 9.72. The van der Waals surface area contributed by atoms with Crippen molar-refractivity contribution >= 4 is 5.97 Å². The molecule has 0 radical (unpaired) electrons. The van der Waals surface area contributed by atoms with Crippen molar-refractivity contribution < 1.29 is 19.4 Å². The Labute approximate surface area is 119 Å². The van der Waals surface area contributed by atoms with Crippen LogP contribution in [0.15, 0.2) is 30.3 Å². The second kappa shape index (κ2) is 7.38. The number of esters is 1. The van der Waals surface area contributed by atoms with E-state index in [-0.39, 0.29) is 13.0 Å². The molecule has 0 spiro atoms. The molecule has 0 bridgehead atoms. The van der Waals surface area contributed by atoms with Gasteiger partial charge in [0, 0.05) is 6.42 Å². The van der Waals surface area contributed by atoms with Gasteiger partial charge in [-0.1, -0.05) is 30.3 Å². The molecule has 0 aliphatic rings. The van der Waals surface area contributed by atoms with E-state index in [9.17, 15) is 9.90 Å². The summed E-state index contributed by atoms with van der Waals surface area (Å²) in [5.41, 5.74) is 6.03. The second-order valence-corrected chi connectivity index (χ2v) is 5.63. The van der Waals surface area contributed by atoms with Gasteiger partial charge >= 0.3 is 5.97 Å². The first-order chi connectivity index (χ1) is 9.28. The molecule has 0 fully saturated rings. The van der Waals surface area contributed by atoms with Gasteiger partial charge < -0.3 is 20.3 Å². The Hall–Kier alpha value is -1.43. The predicted octanol–water partition coefficient (Wildman–Crippen LogP) is 1.58. The predicted molar refractivity (Wildman–Crippen MR) is 75.7 cm³/mol. The highest BCUT2D eigenvalue weighted by atomic mass is 16.6. The quantitative estimate of drug-likeness (QED) is 0.611. The second-order valence-electron chi connectivity index (χ2n) is 5.63. The van der Waals surface area contributed by atoms with Crippen molar-refractivity contribution in [2.75, 3.05) is 0 Å². The molecular formula is C15H23NO4. The van der Waals surface area contributed by atoms with Gasteiger partial charge in [0.15, 0.2) is 6.29 Å². The number of carbonyl (C=O) groups is 1. The van der Waals surface area contributed by atoms with Gasteiger partial charge in [-0.25, -0.2) is 0 Å². The summed E-state index contributed by atoms with van der Waals surface area (Å²) in [7, 11) is 0. The van der Waals surface area contributed by atoms with Crippen LogP contribution < -0.4 is 5.73 Å². The van der Waals surface area contributed by atoms with Crippen LogP contribution in [-0.4, -0.2) is 29.0 Å². The number of nitrogens with two attached hydrogens (primary N) is 1. The molecule has 1 aromatic carbocycles. The summed E-state index contributed by atoms with van der Waals surface area (Å²) < 4.78 is 10.4. The van der Waals surface area contributed by atoms with Crippen molar-refractivity contribution in [1.82, 2.24) is 0 Å². The van der Waals surface area contributed by atoms with Crippen LogP contribution in [0.1, 0.15) is 32.8 Å². The third-order valence-electron chi connectivity index (χ3n) is 2.45. The first-order valence-electron chi connectivity index (χ1n) is 6.60. The fourth-order valence-corrected chi connectivity index (χ4v) is 1.53. The third kappa shape index (κ3) is 6.65. The fourth-order valence-electron chi connectivity index (χ4n) is 1.53. The van der Waals surface area contributed by atoms with E-state index in [1.165, 1.54) is 0 Å². The molecular weight excluding hydrogens is 258 g/mol. The molecule has 0 heterocycles. The topological polar surface area (TPSA) is 81.8 Å². The van der Waals surface area contributed by atoms with Crippen molar-refractivity contribution in [3.8, 4) is 0 Å². The molecule has 5 heteroatoms. The molecule has 3 N–H and O–H groups in total. The lowest BCUT2D eigenvalue weighted by Gasteiger charge is -2.23. The summed E-state index contributed by atoms with van der Waals surface area (Å²) in [4.78, 5) is 11.7. The molecule has 112 valence electrons. The number of hydrogen-bond acceptors (Lipinski definition) is 5. The lowest BCUT2D eigenvalue weighted by molar-refractivity contribution is -0.162. The Morgan fingerprint density at radius 1 is 1.30 bits per heavy atom. The van der Waals surface area contributed by atoms with Crippen molar-refractivity contribution in [3.05, 3.63) is 35.9 Å². The Kier molecular flexibility index (Phi) is 6.13. The fraction of sp³-hybridized carbons (Fsp3) is 0.533. The van der Waals surface area contributed by atoms with Crippen molar-refractivity contribution in [2.45, 2.75) is 51.7 Å². The van der Waals surface area contributed by atoms with Crippen LogP contribution in [0.25, 0.3) is 0 Å². The number of carbonyl (C=O) groups excluding carboxylic acids is 1. The SMILES string of the molecule is CC(C)(C)OC(=O)[C@@H](N)CC(O)OCc1ccccc1. The number of benzene rings is 1. The van der Waals surface area contributed by atoms with E-state index < -0.39 is 23.9 Å². The molecule has 0 saturated carbocycles. The third-order valence-corrected chi connectivity index (χ3v) is 2.45. The first kappa shape index (κ1) is 16.6. The van der Waals surface area contributed by atoms with E-state index in [2.05, 4.69) is 0 Å². The zero-order valence-corrected chi connectivity index (χ0v) is 12.2. The zero-order valence-electron chi connectivity index (χ0n) is 12.2. The molecule has 5 nitrogen and oxygen atoms in total.